The molecule has 0 unspecified atom stereocenters. The van der Waals surface area contributed by atoms with E-state index in [1.807, 2.05) is 18.2 Å². The van der Waals surface area contributed by atoms with Gasteiger partial charge in [0.2, 0.25) is 0 Å². The third-order valence-electron chi connectivity index (χ3n) is 1.50. The number of H-pyrrole nitrogens is 1. The van der Waals surface area contributed by atoms with Gasteiger partial charge in [-0.05, 0) is 17.3 Å². The molecule has 0 radical (unpaired) electrons. The first-order valence-electron chi connectivity index (χ1n) is 3.82. The molecule has 66 valence electrons. The predicted octanol–water partition coefficient (Wildman–Crippen LogP) is 0.207. The molecule has 0 aliphatic rings. The molecule has 6 nitrogen and oxygen atoms in total. The molecular weight excluding hydrogens is 168 g/mol. The van der Waals surface area contributed by atoms with Crippen molar-refractivity contribution in [3.63, 3.8) is 0 Å². The molecule has 0 spiro atoms. The minimum absolute atomic E-state index is 0.477. The SMILES string of the molecule is c1ccc(CNc2nn[nH]n2)nc1. The highest BCUT2D eigenvalue weighted by atomic mass is 15.5. The van der Waals surface area contributed by atoms with Crippen LogP contribution in [0.4, 0.5) is 5.95 Å². The third kappa shape index (κ3) is 1.98. The largest absolute Gasteiger partial charge is 0.346 e. The van der Waals surface area contributed by atoms with Crippen molar-refractivity contribution in [1.82, 2.24) is 25.6 Å². The van der Waals surface area contributed by atoms with Crippen LogP contribution in [0.15, 0.2) is 24.4 Å². The second-order valence-electron chi connectivity index (χ2n) is 2.41. The molecule has 13 heavy (non-hydrogen) atoms. The van der Waals surface area contributed by atoms with Gasteiger partial charge in [0.25, 0.3) is 5.95 Å². The van der Waals surface area contributed by atoms with E-state index in [9.17, 15) is 0 Å². The highest BCUT2D eigenvalue weighted by molar-refractivity contribution is 5.20. The lowest BCUT2D eigenvalue weighted by Crippen LogP contribution is -2.02. The lowest BCUT2D eigenvalue weighted by atomic mass is 10.3. The summed E-state index contributed by atoms with van der Waals surface area (Å²) in [7, 11) is 0. The minimum Gasteiger partial charge on any atom is -0.346 e. The van der Waals surface area contributed by atoms with E-state index >= 15 is 0 Å². The molecule has 0 saturated heterocycles. The number of aromatic nitrogens is 5. The smallest absolute Gasteiger partial charge is 0.263 e. The van der Waals surface area contributed by atoms with Crippen LogP contribution in [0.2, 0.25) is 0 Å². The van der Waals surface area contributed by atoms with Gasteiger partial charge < -0.3 is 5.32 Å². The van der Waals surface area contributed by atoms with Gasteiger partial charge in [-0.15, -0.1) is 5.10 Å². The van der Waals surface area contributed by atoms with Crippen molar-refractivity contribution in [2.75, 3.05) is 5.32 Å². The average Bonchev–Trinajstić information content (AvgIpc) is 2.69. The molecule has 2 aromatic rings. The average molecular weight is 176 g/mol. The van der Waals surface area contributed by atoms with Crippen LogP contribution in [-0.2, 0) is 6.54 Å². The predicted molar refractivity (Wildman–Crippen MR) is 45.7 cm³/mol. The van der Waals surface area contributed by atoms with E-state index in [0.717, 1.165) is 5.69 Å². The summed E-state index contributed by atoms with van der Waals surface area (Å²) >= 11 is 0. The summed E-state index contributed by atoms with van der Waals surface area (Å²) in [4.78, 5) is 4.13. The third-order valence-corrected chi connectivity index (χ3v) is 1.50. The van der Waals surface area contributed by atoms with Crippen LogP contribution in [-0.4, -0.2) is 25.6 Å². The fraction of sp³-hybridized carbons (Fsp3) is 0.143. The maximum atomic E-state index is 4.13. The molecule has 0 atom stereocenters. The molecule has 0 bridgehead atoms. The lowest BCUT2D eigenvalue weighted by molar-refractivity contribution is 0.881. The van der Waals surface area contributed by atoms with Crippen molar-refractivity contribution in [1.29, 1.82) is 0 Å². The Morgan fingerprint density at radius 2 is 2.38 bits per heavy atom. The highest BCUT2D eigenvalue weighted by Crippen LogP contribution is 1.97. The van der Waals surface area contributed by atoms with Crippen molar-refractivity contribution >= 4 is 5.95 Å². The summed E-state index contributed by atoms with van der Waals surface area (Å²) in [5, 5.41) is 16.2. The van der Waals surface area contributed by atoms with Crippen molar-refractivity contribution in [2.45, 2.75) is 6.54 Å². The zero-order valence-electron chi connectivity index (χ0n) is 6.81. The quantitative estimate of drug-likeness (QED) is 0.698. The molecule has 2 aromatic heterocycles. The molecule has 0 fully saturated rings. The summed E-state index contributed by atoms with van der Waals surface area (Å²) < 4.78 is 0. The summed E-state index contributed by atoms with van der Waals surface area (Å²) in [5.74, 6) is 0.477. The Kier molecular flexibility index (Phi) is 2.13. The van der Waals surface area contributed by atoms with Crippen molar-refractivity contribution < 1.29 is 0 Å². The van der Waals surface area contributed by atoms with Crippen molar-refractivity contribution in [3.05, 3.63) is 30.1 Å². The molecule has 2 rings (SSSR count). The monoisotopic (exact) mass is 176 g/mol. The van der Waals surface area contributed by atoms with Gasteiger partial charge in [-0.3, -0.25) is 4.98 Å². The maximum Gasteiger partial charge on any atom is 0.263 e. The Balaban J connectivity index is 1.94. The number of pyridine rings is 1. The van der Waals surface area contributed by atoms with E-state index in [4.69, 9.17) is 0 Å². The molecule has 0 aliphatic carbocycles. The number of nitrogens with one attached hydrogen (secondary N) is 2. The Morgan fingerprint density at radius 1 is 1.38 bits per heavy atom. The van der Waals surface area contributed by atoms with Crippen LogP contribution < -0.4 is 5.32 Å². The molecular formula is C7H8N6. The molecule has 0 amide bonds. The van der Waals surface area contributed by atoms with E-state index < -0.39 is 0 Å². The van der Waals surface area contributed by atoms with E-state index in [-0.39, 0.29) is 0 Å². The Bertz CT molecular complexity index is 342. The van der Waals surface area contributed by atoms with E-state index in [2.05, 4.69) is 30.9 Å². The minimum atomic E-state index is 0.477. The molecule has 0 aromatic carbocycles. The van der Waals surface area contributed by atoms with Crippen LogP contribution in [0.25, 0.3) is 0 Å². The van der Waals surface area contributed by atoms with Crippen LogP contribution in [0, 0.1) is 0 Å². The van der Waals surface area contributed by atoms with Crippen LogP contribution in [0.1, 0.15) is 5.69 Å². The van der Waals surface area contributed by atoms with E-state index in [1.54, 1.807) is 6.20 Å². The van der Waals surface area contributed by atoms with Gasteiger partial charge >= 0.3 is 0 Å². The van der Waals surface area contributed by atoms with Gasteiger partial charge in [-0.2, -0.15) is 5.21 Å². The number of hydrogen-bond donors (Lipinski definition) is 2. The van der Waals surface area contributed by atoms with Crippen LogP contribution in [0.5, 0.6) is 0 Å². The second kappa shape index (κ2) is 3.61. The first kappa shape index (κ1) is 7.66. The van der Waals surface area contributed by atoms with Gasteiger partial charge in [-0.1, -0.05) is 11.2 Å². The highest BCUT2D eigenvalue weighted by Gasteiger charge is 1.96. The summed E-state index contributed by atoms with van der Waals surface area (Å²) in [6.45, 7) is 0.598. The van der Waals surface area contributed by atoms with Gasteiger partial charge in [-0.25, -0.2) is 0 Å². The number of nitrogens with zero attached hydrogens (tertiary/aromatic N) is 4. The van der Waals surface area contributed by atoms with Crippen LogP contribution >= 0.6 is 0 Å². The van der Waals surface area contributed by atoms with Crippen molar-refractivity contribution in [2.24, 2.45) is 0 Å². The molecule has 2 N–H and O–H groups in total. The number of aromatic amines is 1. The zero-order chi connectivity index (χ0) is 8.93. The lowest BCUT2D eigenvalue weighted by Gasteiger charge is -1.98. The zero-order valence-corrected chi connectivity index (χ0v) is 6.81. The Labute approximate surface area is 74.4 Å². The number of rotatable bonds is 3. The first-order chi connectivity index (χ1) is 6.45. The normalized spacial score (nSPS) is 9.85. The molecule has 0 saturated carbocycles. The first-order valence-corrected chi connectivity index (χ1v) is 3.82. The van der Waals surface area contributed by atoms with Gasteiger partial charge in [0, 0.05) is 6.20 Å². The maximum absolute atomic E-state index is 4.13. The fourth-order valence-electron chi connectivity index (χ4n) is 0.909. The Hall–Kier alpha value is -1.98. The molecule has 6 heteroatoms. The van der Waals surface area contributed by atoms with E-state index in [0.29, 0.717) is 12.5 Å². The van der Waals surface area contributed by atoms with Crippen molar-refractivity contribution in [3.8, 4) is 0 Å². The van der Waals surface area contributed by atoms with Crippen LogP contribution in [0.3, 0.4) is 0 Å². The fourth-order valence-corrected chi connectivity index (χ4v) is 0.909. The standard InChI is InChI=1S/C7H8N6/c1-2-4-8-6(3-1)5-9-7-10-12-13-11-7/h1-4H,5H2,(H2,9,10,11,12,13). The van der Waals surface area contributed by atoms with E-state index in [1.165, 1.54) is 0 Å². The molecule has 2 heterocycles. The number of anilines is 1. The number of tetrazole rings is 1. The van der Waals surface area contributed by atoms with Gasteiger partial charge in [0.15, 0.2) is 0 Å². The summed E-state index contributed by atoms with van der Waals surface area (Å²) in [6.07, 6.45) is 1.74. The molecule has 0 aliphatic heterocycles. The Morgan fingerprint density at radius 3 is 3.08 bits per heavy atom. The topological polar surface area (TPSA) is 79.4 Å². The number of hydrogen-bond acceptors (Lipinski definition) is 5. The second-order valence-corrected chi connectivity index (χ2v) is 2.41. The van der Waals surface area contributed by atoms with Gasteiger partial charge in [0.1, 0.15) is 0 Å². The summed E-state index contributed by atoms with van der Waals surface area (Å²) in [6, 6.07) is 5.73. The summed E-state index contributed by atoms with van der Waals surface area (Å²) in [5.41, 5.74) is 0.937. The van der Waals surface area contributed by atoms with Gasteiger partial charge in [0.05, 0.1) is 12.2 Å².